The standard InChI is InChI=1S/C24H27FN2O5/c1-2-9-29-15-20(28)13-27(12-17-3-6-19(25)7-4-17)14-21-11-22(26-32-21)18-5-8-23-24(10-18)31-16-30-23/h2-8,10,20-21,28H,1,9,11-16H2/t20-,21+/m1/s1. The highest BCUT2D eigenvalue weighted by Gasteiger charge is 2.27. The number of aliphatic hydroxyl groups excluding tert-OH is 1. The second-order valence-electron chi connectivity index (χ2n) is 7.84. The van der Waals surface area contributed by atoms with Crippen molar-refractivity contribution in [3.63, 3.8) is 0 Å². The van der Waals surface area contributed by atoms with Crippen LogP contribution in [-0.2, 0) is 16.1 Å². The molecule has 1 N–H and O–H groups in total. The largest absolute Gasteiger partial charge is 0.454 e. The quantitative estimate of drug-likeness (QED) is 0.426. The van der Waals surface area contributed by atoms with E-state index in [9.17, 15) is 9.50 Å². The van der Waals surface area contributed by atoms with Gasteiger partial charge < -0.3 is 24.2 Å². The molecule has 0 unspecified atom stereocenters. The minimum absolute atomic E-state index is 0.169. The number of rotatable bonds is 11. The first-order valence-corrected chi connectivity index (χ1v) is 10.6. The van der Waals surface area contributed by atoms with Crippen LogP contribution >= 0.6 is 0 Å². The molecule has 8 heteroatoms. The molecule has 0 amide bonds. The van der Waals surface area contributed by atoms with Crippen LogP contribution in [0.1, 0.15) is 17.5 Å². The molecule has 0 saturated heterocycles. The second kappa shape index (κ2) is 10.6. The molecule has 0 saturated carbocycles. The number of hydrogen-bond acceptors (Lipinski definition) is 7. The van der Waals surface area contributed by atoms with E-state index in [1.807, 2.05) is 18.2 Å². The number of nitrogens with zero attached hydrogens (tertiary/aromatic N) is 2. The predicted molar refractivity (Wildman–Crippen MR) is 117 cm³/mol. The van der Waals surface area contributed by atoms with E-state index >= 15 is 0 Å². The first-order valence-electron chi connectivity index (χ1n) is 10.6. The van der Waals surface area contributed by atoms with E-state index in [0.29, 0.717) is 38.4 Å². The molecule has 32 heavy (non-hydrogen) atoms. The lowest BCUT2D eigenvalue weighted by molar-refractivity contribution is 0.00335. The van der Waals surface area contributed by atoms with Crippen LogP contribution in [0.3, 0.4) is 0 Å². The Morgan fingerprint density at radius 3 is 2.84 bits per heavy atom. The maximum Gasteiger partial charge on any atom is 0.231 e. The van der Waals surface area contributed by atoms with Crippen molar-refractivity contribution in [1.29, 1.82) is 0 Å². The Balaban J connectivity index is 1.37. The summed E-state index contributed by atoms with van der Waals surface area (Å²) >= 11 is 0. The van der Waals surface area contributed by atoms with Crippen LogP contribution < -0.4 is 9.47 Å². The van der Waals surface area contributed by atoms with E-state index in [4.69, 9.17) is 19.0 Å². The Kier molecular flexibility index (Phi) is 7.36. The molecule has 7 nitrogen and oxygen atoms in total. The van der Waals surface area contributed by atoms with E-state index in [1.54, 1.807) is 18.2 Å². The first-order chi connectivity index (χ1) is 15.6. The topological polar surface area (TPSA) is 72.8 Å². The molecule has 2 aliphatic rings. The molecule has 4 rings (SSSR count). The zero-order valence-corrected chi connectivity index (χ0v) is 17.8. The number of oxime groups is 1. The third kappa shape index (κ3) is 5.85. The second-order valence-corrected chi connectivity index (χ2v) is 7.84. The van der Waals surface area contributed by atoms with Gasteiger partial charge >= 0.3 is 0 Å². The predicted octanol–water partition coefficient (Wildman–Crippen LogP) is 3.11. The van der Waals surface area contributed by atoms with Gasteiger partial charge in [-0.15, -0.1) is 6.58 Å². The lowest BCUT2D eigenvalue weighted by atomic mass is 10.0. The molecule has 0 fully saturated rings. The number of benzene rings is 2. The van der Waals surface area contributed by atoms with Gasteiger partial charge in [-0.25, -0.2) is 4.39 Å². The van der Waals surface area contributed by atoms with Gasteiger partial charge in [0.15, 0.2) is 11.5 Å². The van der Waals surface area contributed by atoms with Crippen LogP contribution in [0, 0.1) is 5.82 Å². The van der Waals surface area contributed by atoms with Crippen molar-refractivity contribution < 1.29 is 28.5 Å². The number of hydrogen-bond donors (Lipinski definition) is 1. The van der Waals surface area contributed by atoms with Gasteiger partial charge in [0.1, 0.15) is 11.9 Å². The third-order valence-electron chi connectivity index (χ3n) is 5.23. The van der Waals surface area contributed by atoms with Gasteiger partial charge in [-0.3, -0.25) is 4.90 Å². The summed E-state index contributed by atoms with van der Waals surface area (Å²) in [6, 6.07) is 12.1. The van der Waals surface area contributed by atoms with E-state index in [1.165, 1.54) is 12.1 Å². The Morgan fingerprint density at radius 2 is 2.03 bits per heavy atom. The summed E-state index contributed by atoms with van der Waals surface area (Å²) in [5, 5.41) is 14.7. The Hall–Kier alpha value is -2.94. The molecule has 2 aromatic carbocycles. The monoisotopic (exact) mass is 442 g/mol. The van der Waals surface area contributed by atoms with Crippen molar-refractivity contribution in [3.8, 4) is 11.5 Å². The molecule has 0 aromatic heterocycles. The van der Waals surface area contributed by atoms with Gasteiger partial charge in [0.25, 0.3) is 0 Å². The molecule has 2 heterocycles. The van der Waals surface area contributed by atoms with Crippen molar-refractivity contribution >= 4 is 5.71 Å². The Morgan fingerprint density at radius 1 is 1.22 bits per heavy atom. The van der Waals surface area contributed by atoms with Crippen LogP contribution in [0.5, 0.6) is 11.5 Å². The van der Waals surface area contributed by atoms with Crippen LogP contribution in [0.15, 0.2) is 60.3 Å². The molecule has 170 valence electrons. The fourth-order valence-corrected chi connectivity index (χ4v) is 3.75. The summed E-state index contributed by atoms with van der Waals surface area (Å²) in [4.78, 5) is 7.76. The molecule has 2 atom stereocenters. The fourth-order valence-electron chi connectivity index (χ4n) is 3.75. The summed E-state index contributed by atoms with van der Waals surface area (Å²) < 4.78 is 29.5. The summed E-state index contributed by atoms with van der Waals surface area (Å²) in [6.07, 6.45) is 1.43. The summed E-state index contributed by atoms with van der Waals surface area (Å²) in [7, 11) is 0. The maximum atomic E-state index is 13.3. The van der Waals surface area contributed by atoms with Crippen molar-refractivity contribution in [1.82, 2.24) is 4.90 Å². The van der Waals surface area contributed by atoms with Crippen LogP contribution in [0.25, 0.3) is 0 Å². The van der Waals surface area contributed by atoms with E-state index in [0.717, 1.165) is 22.6 Å². The minimum atomic E-state index is -0.675. The molecule has 0 bridgehead atoms. The Labute approximate surface area is 186 Å². The number of ether oxygens (including phenoxy) is 3. The lowest BCUT2D eigenvalue weighted by Crippen LogP contribution is -2.39. The molecule has 0 spiro atoms. The zero-order valence-electron chi connectivity index (χ0n) is 17.8. The smallest absolute Gasteiger partial charge is 0.231 e. The van der Waals surface area contributed by atoms with E-state index in [-0.39, 0.29) is 25.3 Å². The van der Waals surface area contributed by atoms with Gasteiger partial charge in [-0.2, -0.15) is 0 Å². The summed E-state index contributed by atoms with van der Waals surface area (Å²) in [6.45, 7) is 5.89. The molecule has 0 aliphatic carbocycles. The maximum absolute atomic E-state index is 13.3. The normalized spacial score (nSPS) is 17.8. The zero-order chi connectivity index (χ0) is 22.3. The number of aliphatic hydroxyl groups is 1. The lowest BCUT2D eigenvalue weighted by Gasteiger charge is -2.27. The van der Waals surface area contributed by atoms with E-state index in [2.05, 4.69) is 16.6 Å². The van der Waals surface area contributed by atoms with Crippen LogP contribution in [0.4, 0.5) is 4.39 Å². The summed E-state index contributed by atoms with van der Waals surface area (Å²) in [5.41, 5.74) is 2.71. The molecular weight excluding hydrogens is 415 g/mol. The SMILES string of the molecule is C=CCOC[C@H](O)CN(Cc1ccc(F)cc1)C[C@@H]1CC(c2ccc3c(c2)OCO3)=NO1. The van der Waals surface area contributed by atoms with Gasteiger partial charge in [0.2, 0.25) is 6.79 Å². The average Bonchev–Trinajstić information content (AvgIpc) is 3.44. The van der Waals surface area contributed by atoms with Crippen LogP contribution in [-0.4, -0.2) is 61.0 Å². The highest BCUT2D eigenvalue weighted by Crippen LogP contribution is 2.33. The van der Waals surface area contributed by atoms with Gasteiger partial charge in [-0.1, -0.05) is 23.4 Å². The highest BCUT2D eigenvalue weighted by molar-refractivity contribution is 6.01. The summed E-state index contributed by atoms with van der Waals surface area (Å²) in [5.74, 6) is 1.15. The van der Waals surface area contributed by atoms with Gasteiger partial charge in [-0.05, 0) is 35.9 Å². The molecule has 2 aromatic rings. The average molecular weight is 442 g/mol. The third-order valence-corrected chi connectivity index (χ3v) is 5.23. The van der Waals surface area contributed by atoms with Crippen molar-refractivity contribution in [2.75, 3.05) is 33.1 Å². The molecular formula is C24H27FN2O5. The van der Waals surface area contributed by atoms with Crippen molar-refractivity contribution in [3.05, 3.63) is 72.1 Å². The number of halogens is 1. The highest BCUT2D eigenvalue weighted by atomic mass is 19.1. The Bertz CT molecular complexity index is 950. The van der Waals surface area contributed by atoms with Crippen LogP contribution in [0.2, 0.25) is 0 Å². The van der Waals surface area contributed by atoms with Gasteiger partial charge in [0, 0.05) is 31.6 Å². The van der Waals surface area contributed by atoms with Crippen molar-refractivity contribution in [2.45, 2.75) is 25.2 Å². The fraction of sp³-hybridized carbons (Fsp3) is 0.375. The minimum Gasteiger partial charge on any atom is -0.454 e. The first kappa shape index (κ1) is 22.3. The molecule has 2 aliphatic heterocycles. The van der Waals surface area contributed by atoms with Crippen molar-refractivity contribution in [2.24, 2.45) is 5.16 Å². The van der Waals surface area contributed by atoms with E-state index < -0.39 is 6.10 Å². The van der Waals surface area contributed by atoms with Gasteiger partial charge in [0.05, 0.1) is 25.0 Å². The molecule has 0 radical (unpaired) electrons. The number of fused-ring (bicyclic) bond motifs is 1.